The fourth-order valence-corrected chi connectivity index (χ4v) is 2.83. The van der Waals surface area contributed by atoms with Crippen LogP contribution in [0.25, 0.3) is 16.9 Å². The van der Waals surface area contributed by atoms with Crippen molar-refractivity contribution in [2.75, 3.05) is 37.5 Å². The van der Waals surface area contributed by atoms with Crippen molar-refractivity contribution in [3.63, 3.8) is 0 Å². The Morgan fingerprint density at radius 1 is 1.23 bits per heavy atom. The normalized spacial score (nSPS) is 10.8. The molecular formula is C19H21ClN4O2. The van der Waals surface area contributed by atoms with E-state index in [1.807, 2.05) is 53.7 Å². The molecule has 0 aliphatic rings. The maximum Gasteiger partial charge on any atom is 0.325 e. The van der Waals surface area contributed by atoms with Crippen LogP contribution in [0.4, 0.5) is 11.5 Å². The molecular weight excluding hydrogens is 352 g/mol. The summed E-state index contributed by atoms with van der Waals surface area (Å²) in [6, 6.07) is 11.7. The predicted octanol–water partition coefficient (Wildman–Crippen LogP) is 3.70. The van der Waals surface area contributed by atoms with Crippen LogP contribution >= 0.6 is 11.6 Å². The van der Waals surface area contributed by atoms with Crippen molar-refractivity contribution in [3.05, 3.63) is 47.6 Å². The number of anilines is 2. The van der Waals surface area contributed by atoms with Crippen molar-refractivity contribution in [3.8, 4) is 11.3 Å². The number of fused-ring (bicyclic) bond motifs is 1. The number of carbonyl (C=O) groups excluding carboxylic acids is 1. The molecule has 0 saturated carbocycles. The van der Waals surface area contributed by atoms with E-state index >= 15 is 0 Å². The van der Waals surface area contributed by atoms with Crippen LogP contribution in [-0.4, -0.2) is 42.6 Å². The summed E-state index contributed by atoms with van der Waals surface area (Å²) >= 11 is 6.14. The van der Waals surface area contributed by atoms with E-state index in [0.717, 1.165) is 22.6 Å². The molecule has 136 valence electrons. The van der Waals surface area contributed by atoms with Gasteiger partial charge in [-0.2, -0.15) is 0 Å². The first-order chi connectivity index (χ1) is 12.5. The molecule has 0 amide bonds. The van der Waals surface area contributed by atoms with Crippen LogP contribution < -0.4 is 10.2 Å². The van der Waals surface area contributed by atoms with Crippen LogP contribution in [-0.2, 0) is 9.53 Å². The SMILES string of the molecule is CCOC(=O)CNc1c(-c2ccc(N(C)C)cc2)nc2ccc(Cl)cn12. The molecule has 0 fully saturated rings. The highest BCUT2D eigenvalue weighted by Crippen LogP contribution is 2.30. The number of nitrogens with one attached hydrogen (secondary N) is 1. The Balaban J connectivity index is 2.02. The monoisotopic (exact) mass is 372 g/mol. The number of esters is 1. The molecule has 0 spiro atoms. The Morgan fingerprint density at radius 2 is 1.96 bits per heavy atom. The van der Waals surface area contributed by atoms with Gasteiger partial charge in [0.15, 0.2) is 0 Å². The van der Waals surface area contributed by atoms with E-state index in [-0.39, 0.29) is 12.5 Å². The summed E-state index contributed by atoms with van der Waals surface area (Å²) in [5.74, 6) is 0.381. The average Bonchev–Trinajstić information content (AvgIpc) is 2.98. The quantitative estimate of drug-likeness (QED) is 0.668. The molecule has 2 heterocycles. The Labute approximate surface area is 157 Å². The van der Waals surface area contributed by atoms with Crippen LogP contribution in [0, 0.1) is 0 Å². The molecule has 0 bridgehead atoms. The van der Waals surface area contributed by atoms with E-state index < -0.39 is 0 Å². The van der Waals surface area contributed by atoms with Crippen LogP contribution in [0.1, 0.15) is 6.92 Å². The lowest BCUT2D eigenvalue weighted by molar-refractivity contribution is -0.140. The van der Waals surface area contributed by atoms with Crippen molar-refractivity contribution >= 4 is 34.7 Å². The molecule has 0 atom stereocenters. The molecule has 0 aliphatic carbocycles. The summed E-state index contributed by atoms with van der Waals surface area (Å²) < 4.78 is 6.84. The minimum Gasteiger partial charge on any atom is -0.465 e. The fraction of sp³-hybridized carbons (Fsp3) is 0.263. The highest BCUT2D eigenvalue weighted by atomic mass is 35.5. The van der Waals surface area contributed by atoms with Crippen LogP contribution in [0.5, 0.6) is 0 Å². The molecule has 0 saturated heterocycles. The first-order valence-corrected chi connectivity index (χ1v) is 8.72. The summed E-state index contributed by atoms with van der Waals surface area (Å²) in [5.41, 5.74) is 3.54. The number of pyridine rings is 1. The van der Waals surface area contributed by atoms with Gasteiger partial charge in [0.2, 0.25) is 0 Å². The Kier molecular flexibility index (Phi) is 5.32. The second kappa shape index (κ2) is 7.66. The van der Waals surface area contributed by atoms with E-state index in [2.05, 4.69) is 5.32 Å². The van der Waals surface area contributed by atoms with Gasteiger partial charge in [0, 0.05) is 31.5 Å². The largest absolute Gasteiger partial charge is 0.465 e. The van der Waals surface area contributed by atoms with E-state index in [1.54, 1.807) is 19.2 Å². The van der Waals surface area contributed by atoms with Gasteiger partial charge in [-0.3, -0.25) is 9.20 Å². The lowest BCUT2D eigenvalue weighted by Gasteiger charge is -2.13. The van der Waals surface area contributed by atoms with Gasteiger partial charge in [-0.25, -0.2) is 4.98 Å². The van der Waals surface area contributed by atoms with Gasteiger partial charge in [0.25, 0.3) is 0 Å². The molecule has 3 aromatic rings. The number of aromatic nitrogens is 2. The van der Waals surface area contributed by atoms with E-state index in [1.165, 1.54) is 0 Å². The van der Waals surface area contributed by atoms with Gasteiger partial charge >= 0.3 is 5.97 Å². The third kappa shape index (κ3) is 3.75. The number of rotatable bonds is 6. The summed E-state index contributed by atoms with van der Waals surface area (Å²) in [6.45, 7) is 2.18. The van der Waals surface area contributed by atoms with E-state index in [0.29, 0.717) is 17.4 Å². The van der Waals surface area contributed by atoms with Crippen molar-refractivity contribution in [1.29, 1.82) is 0 Å². The van der Waals surface area contributed by atoms with Gasteiger partial charge in [0.1, 0.15) is 23.7 Å². The standard InChI is InChI=1S/C19H21ClN4O2/c1-4-26-17(25)11-21-19-18(13-5-8-15(9-6-13)23(2)3)22-16-10-7-14(20)12-24(16)19/h5-10,12,21H,4,11H2,1-3H3. The Morgan fingerprint density at radius 3 is 2.62 bits per heavy atom. The maximum atomic E-state index is 11.8. The van der Waals surface area contributed by atoms with Crippen LogP contribution in [0.3, 0.4) is 0 Å². The summed E-state index contributed by atoms with van der Waals surface area (Å²) in [6.07, 6.45) is 1.77. The zero-order valence-electron chi connectivity index (χ0n) is 15.0. The minimum atomic E-state index is -0.321. The predicted molar refractivity (Wildman–Crippen MR) is 105 cm³/mol. The number of ether oxygens (including phenoxy) is 1. The molecule has 7 heteroatoms. The van der Waals surface area contributed by atoms with Crippen molar-refractivity contribution in [2.24, 2.45) is 0 Å². The van der Waals surface area contributed by atoms with Crippen molar-refractivity contribution in [2.45, 2.75) is 6.92 Å². The smallest absolute Gasteiger partial charge is 0.325 e. The maximum absolute atomic E-state index is 11.8. The summed E-state index contributed by atoms with van der Waals surface area (Å²) in [7, 11) is 3.99. The lowest BCUT2D eigenvalue weighted by Crippen LogP contribution is -2.17. The number of imidazole rings is 1. The topological polar surface area (TPSA) is 58.9 Å². The van der Waals surface area contributed by atoms with E-state index in [4.69, 9.17) is 21.3 Å². The molecule has 2 aromatic heterocycles. The molecule has 0 aliphatic heterocycles. The second-order valence-electron chi connectivity index (χ2n) is 5.98. The number of carbonyl (C=O) groups is 1. The molecule has 0 radical (unpaired) electrons. The Bertz CT molecular complexity index is 919. The fourth-order valence-electron chi connectivity index (χ4n) is 2.67. The Hall–Kier alpha value is -2.73. The number of halogens is 1. The van der Waals surface area contributed by atoms with Crippen molar-refractivity contribution in [1.82, 2.24) is 9.38 Å². The van der Waals surface area contributed by atoms with Gasteiger partial charge in [-0.05, 0) is 31.2 Å². The average molecular weight is 373 g/mol. The number of benzene rings is 1. The zero-order valence-corrected chi connectivity index (χ0v) is 15.7. The summed E-state index contributed by atoms with van der Waals surface area (Å²) in [4.78, 5) is 18.5. The molecule has 1 N–H and O–H groups in total. The van der Waals surface area contributed by atoms with Gasteiger partial charge in [0.05, 0.1) is 11.6 Å². The first kappa shape index (κ1) is 18.1. The minimum absolute atomic E-state index is 0.0525. The molecule has 0 unspecified atom stereocenters. The van der Waals surface area contributed by atoms with Crippen LogP contribution in [0.2, 0.25) is 5.02 Å². The van der Waals surface area contributed by atoms with Crippen LogP contribution in [0.15, 0.2) is 42.6 Å². The molecule has 26 heavy (non-hydrogen) atoms. The van der Waals surface area contributed by atoms with Gasteiger partial charge in [-0.1, -0.05) is 23.7 Å². The zero-order chi connectivity index (χ0) is 18.7. The first-order valence-electron chi connectivity index (χ1n) is 8.34. The molecule has 3 rings (SSSR count). The third-order valence-corrected chi connectivity index (χ3v) is 4.17. The van der Waals surface area contributed by atoms with Gasteiger partial charge in [-0.15, -0.1) is 0 Å². The van der Waals surface area contributed by atoms with Gasteiger partial charge < -0.3 is 15.0 Å². The summed E-state index contributed by atoms with van der Waals surface area (Å²) in [5, 5.41) is 3.73. The lowest BCUT2D eigenvalue weighted by atomic mass is 10.1. The third-order valence-electron chi connectivity index (χ3n) is 3.95. The number of hydrogen-bond donors (Lipinski definition) is 1. The number of nitrogens with zero attached hydrogens (tertiary/aromatic N) is 3. The second-order valence-corrected chi connectivity index (χ2v) is 6.42. The number of hydrogen-bond acceptors (Lipinski definition) is 5. The highest BCUT2D eigenvalue weighted by Gasteiger charge is 2.16. The highest BCUT2D eigenvalue weighted by molar-refractivity contribution is 6.30. The van der Waals surface area contributed by atoms with E-state index in [9.17, 15) is 4.79 Å². The van der Waals surface area contributed by atoms with Crippen molar-refractivity contribution < 1.29 is 9.53 Å². The molecule has 1 aromatic carbocycles. The molecule has 6 nitrogen and oxygen atoms in total.